The zero-order chi connectivity index (χ0) is 22.9. The molecule has 0 aliphatic rings. The average Bonchev–Trinajstić information content (AvgIpc) is 2.76. The van der Waals surface area contributed by atoms with E-state index in [2.05, 4.69) is 39.0 Å². The molecule has 1 aromatic carbocycles. The van der Waals surface area contributed by atoms with Crippen molar-refractivity contribution in [1.82, 2.24) is 19.9 Å². The molecular weight excluding hydrogens is 430 g/mol. The highest BCUT2D eigenvalue weighted by atomic mass is 35.5. The summed E-state index contributed by atoms with van der Waals surface area (Å²) in [5, 5.41) is 13.8. The molecule has 0 atom stereocenters. The Morgan fingerprint density at radius 2 is 1.97 bits per heavy atom. The van der Waals surface area contributed by atoms with Crippen molar-refractivity contribution in [3.8, 4) is 11.5 Å². The lowest BCUT2D eigenvalue weighted by atomic mass is 10.2. The first-order valence-electron chi connectivity index (χ1n) is 10.7. The molecule has 0 radical (unpaired) electrons. The summed E-state index contributed by atoms with van der Waals surface area (Å²) in [5.41, 5.74) is 1.46. The van der Waals surface area contributed by atoms with Gasteiger partial charge in [-0.05, 0) is 24.5 Å². The van der Waals surface area contributed by atoms with Gasteiger partial charge in [0.1, 0.15) is 12.1 Å². The van der Waals surface area contributed by atoms with Crippen LogP contribution in [0.4, 0.5) is 11.5 Å². The van der Waals surface area contributed by atoms with Gasteiger partial charge >= 0.3 is 0 Å². The van der Waals surface area contributed by atoms with E-state index in [-0.39, 0.29) is 6.61 Å². The molecule has 0 spiro atoms. The van der Waals surface area contributed by atoms with E-state index in [9.17, 15) is 5.11 Å². The maximum Gasteiger partial charge on any atom is 0.163 e. The summed E-state index contributed by atoms with van der Waals surface area (Å²) in [6, 6.07) is 5.50. The number of anilines is 2. The maximum atomic E-state index is 9.27. The monoisotopic (exact) mass is 459 g/mol. The highest BCUT2D eigenvalue weighted by molar-refractivity contribution is 6.30. The molecule has 0 saturated carbocycles. The number of rotatable bonds is 12. The smallest absolute Gasteiger partial charge is 0.163 e. The molecule has 9 heteroatoms. The zero-order valence-electron chi connectivity index (χ0n) is 18.7. The van der Waals surface area contributed by atoms with Crippen LogP contribution in [0.15, 0.2) is 36.9 Å². The Kier molecular flexibility index (Phi) is 8.84. The van der Waals surface area contributed by atoms with Crippen LogP contribution < -0.4 is 14.8 Å². The fourth-order valence-electron chi connectivity index (χ4n) is 3.48. The third-order valence-electron chi connectivity index (χ3n) is 4.80. The molecule has 0 saturated heterocycles. The third kappa shape index (κ3) is 6.66. The fourth-order valence-corrected chi connectivity index (χ4v) is 3.65. The van der Waals surface area contributed by atoms with Crippen molar-refractivity contribution in [2.75, 3.05) is 45.3 Å². The van der Waals surface area contributed by atoms with Crippen LogP contribution in [-0.4, -0.2) is 64.9 Å². The molecule has 0 bridgehead atoms. The van der Waals surface area contributed by atoms with E-state index < -0.39 is 0 Å². The van der Waals surface area contributed by atoms with Crippen LogP contribution in [0.3, 0.4) is 0 Å². The van der Waals surface area contributed by atoms with Gasteiger partial charge in [0.05, 0.1) is 42.7 Å². The lowest BCUT2D eigenvalue weighted by Gasteiger charge is -2.23. The van der Waals surface area contributed by atoms with Crippen molar-refractivity contribution >= 4 is 34.0 Å². The third-order valence-corrected chi connectivity index (χ3v) is 5.01. The van der Waals surface area contributed by atoms with Gasteiger partial charge in [-0.3, -0.25) is 4.98 Å². The fraction of sp³-hybridized carbons (Fsp3) is 0.435. The first-order valence-corrected chi connectivity index (χ1v) is 11.0. The van der Waals surface area contributed by atoms with Crippen LogP contribution in [-0.2, 0) is 0 Å². The molecule has 0 aliphatic heterocycles. The molecule has 3 aromatic rings. The van der Waals surface area contributed by atoms with Crippen LogP contribution in [0.5, 0.6) is 11.5 Å². The van der Waals surface area contributed by atoms with Gasteiger partial charge in [-0.2, -0.15) is 0 Å². The summed E-state index contributed by atoms with van der Waals surface area (Å²) < 4.78 is 11.6. The number of hydrogen-bond donors (Lipinski definition) is 2. The highest BCUT2D eigenvalue weighted by Gasteiger charge is 2.13. The highest BCUT2D eigenvalue weighted by Crippen LogP contribution is 2.34. The minimum absolute atomic E-state index is 0.160. The Labute approximate surface area is 193 Å². The predicted octanol–water partition coefficient (Wildman–Crippen LogP) is 4.15. The van der Waals surface area contributed by atoms with E-state index in [1.807, 2.05) is 12.1 Å². The zero-order valence-corrected chi connectivity index (χ0v) is 19.5. The number of aliphatic hydroxyl groups is 1. The van der Waals surface area contributed by atoms with Crippen LogP contribution in [0.25, 0.3) is 10.9 Å². The van der Waals surface area contributed by atoms with E-state index in [1.165, 1.54) is 6.33 Å². The largest absolute Gasteiger partial charge is 0.493 e. The molecule has 2 heterocycles. The number of aliphatic hydroxyl groups excluding tert-OH is 1. The Bertz CT molecular complexity index is 1020. The van der Waals surface area contributed by atoms with Gasteiger partial charge in [-0.1, -0.05) is 25.4 Å². The van der Waals surface area contributed by atoms with E-state index in [0.717, 1.165) is 36.1 Å². The van der Waals surface area contributed by atoms with Crippen LogP contribution in [0.1, 0.15) is 20.3 Å². The number of pyridine rings is 1. The molecule has 32 heavy (non-hydrogen) atoms. The van der Waals surface area contributed by atoms with E-state index in [1.54, 1.807) is 25.6 Å². The number of benzene rings is 1. The van der Waals surface area contributed by atoms with E-state index >= 15 is 0 Å². The van der Waals surface area contributed by atoms with Crippen molar-refractivity contribution in [3.63, 3.8) is 0 Å². The number of aromatic nitrogens is 3. The second-order valence-electron chi connectivity index (χ2n) is 7.88. The van der Waals surface area contributed by atoms with Gasteiger partial charge in [0.15, 0.2) is 11.5 Å². The van der Waals surface area contributed by atoms with E-state index in [0.29, 0.717) is 41.4 Å². The minimum atomic E-state index is 0.160. The topological polar surface area (TPSA) is 92.6 Å². The van der Waals surface area contributed by atoms with Crippen LogP contribution >= 0.6 is 11.6 Å². The molecule has 2 N–H and O–H groups in total. The first kappa shape index (κ1) is 24.0. The van der Waals surface area contributed by atoms with Crippen molar-refractivity contribution in [3.05, 3.63) is 41.9 Å². The Morgan fingerprint density at radius 1 is 1.12 bits per heavy atom. The van der Waals surface area contributed by atoms with Crippen molar-refractivity contribution < 1.29 is 14.6 Å². The SMILES string of the molecule is COc1cc2c(Nc3cncc(Cl)c3)ncnc2cc1OCCCN(CCO)CC(C)C. The average molecular weight is 460 g/mol. The van der Waals surface area contributed by atoms with Gasteiger partial charge in [0.2, 0.25) is 0 Å². The summed E-state index contributed by atoms with van der Waals surface area (Å²) in [5.74, 6) is 2.41. The van der Waals surface area contributed by atoms with E-state index in [4.69, 9.17) is 21.1 Å². The summed E-state index contributed by atoms with van der Waals surface area (Å²) >= 11 is 6.03. The van der Waals surface area contributed by atoms with Crippen molar-refractivity contribution in [2.24, 2.45) is 5.92 Å². The number of methoxy groups -OCH3 is 1. The Hall–Kier alpha value is -2.68. The number of halogens is 1. The predicted molar refractivity (Wildman–Crippen MR) is 127 cm³/mol. The van der Waals surface area contributed by atoms with Gasteiger partial charge in [0.25, 0.3) is 0 Å². The number of nitrogens with one attached hydrogen (secondary N) is 1. The number of fused-ring (bicyclic) bond motifs is 1. The van der Waals surface area contributed by atoms with Gasteiger partial charge in [-0.25, -0.2) is 9.97 Å². The minimum Gasteiger partial charge on any atom is -0.493 e. The summed E-state index contributed by atoms with van der Waals surface area (Å²) in [6.45, 7) is 7.53. The molecule has 3 rings (SSSR count). The second kappa shape index (κ2) is 11.8. The van der Waals surface area contributed by atoms with Gasteiger partial charge in [0, 0.05) is 37.3 Å². The van der Waals surface area contributed by atoms with Crippen LogP contribution in [0, 0.1) is 5.92 Å². The second-order valence-corrected chi connectivity index (χ2v) is 8.32. The molecule has 2 aromatic heterocycles. The number of hydrogen-bond acceptors (Lipinski definition) is 8. The quantitative estimate of drug-likeness (QED) is 0.390. The molecular formula is C23H30ClN5O3. The maximum absolute atomic E-state index is 9.27. The molecule has 0 fully saturated rings. The lowest BCUT2D eigenvalue weighted by Crippen LogP contribution is -2.32. The molecule has 172 valence electrons. The van der Waals surface area contributed by atoms with Crippen molar-refractivity contribution in [2.45, 2.75) is 20.3 Å². The standard InChI is InChI=1S/C23H30ClN5O3/c1-16(2)14-29(6-7-30)5-4-8-32-22-11-20-19(10-21(22)31-3)23(27-15-26-20)28-18-9-17(24)12-25-13-18/h9-13,15-16,30H,4-8,14H2,1-3H3,(H,26,27,28). The summed E-state index contributed by atoms with van der Waals surface area (Å²) in [4.78, 5) is 15.1. The van der Waals surface area contributed by atoms with Gasteiger partial charge in [-0.15, -0.1) is 0 Å². The Morgan fingerprint density at radius 3 is 2.69 bits per heavy atom. The van der Waals surface area contributed by atoms with Gasteiger partial charge < -0.3 is 24.8 Å². The summed E-state index contributed by atoms with van der Waals surface area (Å²) in [7, 11) is 1.61. The first-order chi connectivity index (χ1) is 15.5. The molecule has 0 unspecified atom stereocenters. The number of nitrogens with zero attached hydrogens (tertiary/aromatic N) is 4. The molecule has 0 amide bonds. The number of ether oxygens (including phenoxy) is 2. The normalized spacial score (nSPS) is 11.3. The Balaban J connectivity index is 1.71. The van der Waals surface area contributed by atoms with Crippen molar-refractivity contribution in [1.29, 1.82) is 0 Å². The molecule has 0 aliphatic carbocycles. The lowest BCUT2D eigenvalue weighted by molar-refractivity contribution is 0.169. The summed E-state index contributed by atoms with van der Waals surface area (Å²) in [6.07, 6.45) is 5.58. The molecule has 8 nitrogen and oxygen atoms in total. The van der Waals surface area contributed by atoms with Crippen LogP contribution in [0.2, 0.25) is 5.02 Å².